The SMILES string of the molecule is CCOC(=O)c1cc(N)cc(Cl)c1NC1CCCSC1. The summed E-state index contributed by atoms with van der Waals surface area (Å²) in [7, 11) is 0. The molecule has 0 bridgehead atoms. The average molecular weight is 315 g/mol. The number of ether oxygens (including phenoxy) is 1. The second kappa shape index (κ2) is 7.09. The van der Waals surface area contributed by atoms with Gasteiger partial charge in [0, 0.05) is 17.5 Å². The molecule has 1 aliphatic rings. The van der Waals surface area contributed by atoms with Crippen molar-refractivity contribution in [2.45, 2.75) is 25.8 Å². The summed E-state index contributed by atoms with van der Waals surface area (Å²) in [6.07, 6.45) is 2.25. The standard InChI is InChI=1S/C14H19ClN2O2S/c1-2-19-14(18)11-6-9(16)7-12(15)13(11)17-10-4-3-5-20-8-10/h6-7,10,17H,2-5,8,16H2,1H3. The molecule has 110 valence electrons. The number of hydrogen-bond donors (Lipinski definition) is 2. The molecule has 1 atom stereocenters. The minimum Gasteiger partial charge on any atom is -0.462 e. The van der Waals surface area contributed by atoms with Crippen molar-refractivity contribution in [3.63, 3.8) is 0 Å². The van der Waals surface area contributed by atoms with Crippen LogP contribution >= 0.6 is 23.4 Å². The van der Waals surface area contributed by atoms with E-state index in [1.165, 1.54) is 12.2 Å². The van der Waals surface area contributed by atoms with E-state index in [4.69, 9.17) is 22.1 Å². The van der Waals surface area contributed by atoms with E-state index in [1.807, 2.05) is 11.8 Å². The molecule has 4 nitrogen and oxygen atoms in total. The van der Waals surface area contributed by atoms with Gasteiger partial charge < -0.3 is 15.8 Å². The van der Waals surface area contributed by atoms with E-state index in [9.17, 15) is 4.79 Å². The first-order chi connectivity index (χ1) is 9.61. The topological polar surface area (TPSA) is 64.3 Å². The molecule has 1 aromatic rings. The fourth-order valence-electron chi connectivity index (χ4n) is 2.20. The van der Waals surface area contributed by atoms with E-state index in [0.29, 0.717) is 34.6 Å². The Labute approximate surface area is 128 Å². The minimum atomic E-state index is -0.396. The third kappa shape index (κ3) is 3.73. The number of nitrogens with one attached hydrogen (secondary N) is 1. The van der Waals surface area contributed by atoms with Crippen molar-refractivity contribution < 1.29 is 9.53 Å². The summed E-state index contributed by atoms with van der Waals surface area (Å²) in [5.41, 5.74) is 7.27. The Bertz CT molecular complexity index is 490. The van der Waals surface area contributed by atoms with Gasteiger partial charge in [0.15, 0.2) is 0 Å². The molecule has 1 aromatic carbocycles. The first-order valence-corrected chi connectivity index (χ1v) is 8.25. The van der Waals surface area contributed by atoms with Crippen molar-refractivity contribution in [2.24, 2.45) is 0 Å². The van der Waals surface area contributed by atoms with E-state index in [2.05, 4.69) is 5.32 Å². The lowest BCUT2D eigenvalue weighted by molar-refractivity contribution is 0.0527. The predicted octanol–water partition coefficient (Wildman–Crippen LogP) is 3.41. The predicted molar refractivity (Wildman–Crippen MR) is 85.8 cm³/mol. The summed E-state index contributed by atoms with van der Waals surface area (Å²) in [6.45, 7) is 2.10. The number of benzene rings is 1. The number of nitrogens with two attached hydrogens (primary N) is 1. The number of thioether (sulfide) groups is 1. The number of hydrogen-bond acceptors (Lipinski definition) is 5. The van der Waals surface area contributed by atoms with Gasteiger partial charge in [-0.15, -0.1) is 0 Å². The molecule has 1 saturated heterocycles. The quantitative estimate of drug-likeness (QED) is 0.658. The molecule has 3 N–H and O–H groups in total. The minimum absolute atomic E-state index is 0.322. The molecule has 2 rings (SSSR count). The monoisotopic (exact) mass is 314 g/mol. The van der Waals surface area contributed by atoms with Crippen molar-refractivity contribution in [3.05, 3.63) is 22.7 Å². The Morgan fingerprint density at radius 1 is 1.60 bits per heavy atom. The lowest BCUT2D eigenvalue weighted by Gasteiger charge is -2.25. The molecular formula is C14H19ClN2O2S. The van der Waals surface area contributed by atoms with E-state index in [0.717, 1.165) is 12.2 Å². The van der Waals surface area contributed by atoms with Crippen molar-refractivity contribution in [2.75, 3.05) is 29.2 Å². The van der Waals surface area contributed by atoms with Crippen LogP contribution in [0.25, 0.3) is 0 Å². The molecule has 1 aliphatic heterocycles. The molecule has 20 heavy (non-hydrogen) atoms. The number of esters is 1. The molecule has 6 heteroatoms. The number of rotatable bonds is 4. The van der Waals surface area contributed by atoms with Gasteiger partial charge >= 0.3 is 5.97 Å². The van der Waals surface area contributed by atoms with Crippen LogP contribution in [0.1, 0.15) is 30.1 Å². The Hall–Kier alpha value is -1.07. The fourth-order valence-corrected chi connectivity index (χ4v) is 3.56. The number of halogens is 1. The summed E-state index contributed by atoms with van der Waals surface area (Å²) in [4.78, 5) is 12.0. The lowest BCUT2D eigenvalue weighted by Crippen LogP contribution is -2.27. The highest BCUT2D eigenvalue weighted by Crippen LogP contribution is 2.32. The zero-order valence-electron chi connectivity index (χ0n) is 11.4. The van der Waals surface area contributed by atoms with Gasteiger partial charge in [0.1, 0.15) is 0 Å². The Kier molecular flexibility index (Phi) is 5.43. The van der Waals surface area contributed by atoms with Crippen LogP contribution in [0.4, 0.5) is 11.4 Å². The summed E-state index contributed by atoms with van der Waals surface area (Å²) in [5.74, 6) is 1.81. The van der Waals surface area contributed by atoms with Gasteiger partial charge in [0.2, 0.25) is 0 Å². The zero-order chi connectivity index (χ0) is 14.5. The summed E-state index contributed by atoms with van der Waals surface area (Å²) in [6, 6.07) is 3.59. The first kappa shape index (κ1) is 15.3. The van der Waals surface area contributed by atoms with Crippen LogP contribution in [0.2, 0.25) is 5.02 Å². The maximum absolute atomic E-state index is 12.0. The third-order valence-electron chi connectivity index (χ3n) is 3.12. The molecule has 1 unspecified atom stereocenters. The van der Waals surface area contributed by atoms with Crippen molar-refractivity contribution in [1.82, 2.24) is 0 Å². The van der Waals surface area contributed by atoms with Crippen LogP contribution in [-0.4, -0.2) is 30.1 Å². The number of nitrogen functional groups attached to an aromatic ring is 1. The average Bonchev–Trinajstić information content (AvgIpc) is 2.43. The Morgan fingerprint density at radius 2 is 2.40 bits per heavy atom. The van der Waals surface area contributed by atoms with Gasteiger partial charge in [-0.05, 0) is 37.7 Å². The zero-order valence-corrected chi connectivity index (χ0v) is 13.0. The highest BCUT2D eigenvalue weighted by atomic mass is 35.5. The molecule has 1 heterocycles. The van der Waals surface area contributed by atoms with Crippen LogP contribution in [0, 0.1) is 0 Å². The molecular weight excluding hydrogens is 296 g/mol. The Balaban J connectivity index is 2.26. The van der Waals surface area contributed by atoms with Crippen LogP contribution in [0.15, 0.2) is 12.1 Å². The van der Waals surface area contributed by atoms with Crippen molar-refractivity contribution in [1.29, 1.82) is 0 Å². The van der Waals surface area contributed by atoms with Gasteiger partial charge in [-0.3, -0.25) is 0 Å². The molecule has 0 saturated carbocycles. The van der Waals surface area contributed by atoms with Gasteiger partial charge in [-0.1, -0.05) is 11.6 Å². The molecule has 0 radical (unpaired) electrons. The first-order valence-electron chi connectivity index (χ1n) is 6.72. The van der Waals surface area contributed by atoms with Crippen LogP contribution < -0.4 is 11.1 Å². The van der Waals surface area contributed by atoms with Crippen molar-refractivity contribution >= 4 is 40.7 Å². The smallest absolute Gasteiger partial charge is 0.340 e. The van der Waals surface area contributed by atoms with E-state index >= 15 is 0 Å². The van der Waals surface area contributed by atoms with Gasteiger partial charge in [-0.2, -0.15) is 11.8 Å². The molecule has 0 aliphatic carbocycles. The van der Waals surface area contributed by atoms with Crippen molar-refractivity contribution in [3.8, 4) is 0 Å². The lowest BCUT2D eigenvalue weighted by atomic mass is 10.1. The highest BCUT2D eigenvalue weighted by Gasteiger charge is 2.21. The highest BCUT2D eigenvalue weighted by molar-refractivity contribution is 7.99. The number of carbonyl (C=O) groups excluding carboxylic acids is 1. The van der Waals surface area contributed by atoms with E-state index in [1.54, 1.807) is 19.1 Å². The summed E-state index contributed by atoms with van der Waals surface area (Å²) < 4.78 is 5.07. The molecule has 0 aromatic heterocycles. The number of anilines is 2. The fraction of sp³-hybridized carbons (Fsp3) is 0.500. The molecule has 0 amide bonds. The van der Waals surface area contributed by atoms with Crippen LogP contribution in [0.5, 0.6) is 0 Å². The van der Waals surface area contributed by atoms with Gasteiger partial charge in [0.05, 0.1) is 22.9 Å². The normalized spacial score (nSPS) is 18.6. The summed E-state index contributed by atoms with van der Waals surface area (Å²) in [5, 5.41) is 3.84. The van der Waals surface area contributed by atoms with E-state index < -0.39 is 5.97 Å². The Morgan fingerprint density at radius 3 is 3.05 bits per heavy atom. The van der Waals surface area contributed by atoms with E-state index in [-0.39, 0.29) is 0 Å². The summed E-state index contributed by atoms with van der Waals surface area (Å²) >= 11 is 8.15. The second-order valence-corrected chi connectivity index (χ2v) is 6.26. The van der Waals surface area contributed by atoms with Gasteiger partial charge in [0.25, 0.3) is 0 Å². The molecule has 0 spiro atoms. The maximum atomic E-state index is 12.0. The van der Waals surface area contributed by atoms with Gasteiger partial charge in [-0.25, -0.2) is 4.79 Å². The van der Waals surface area contributed by atoms with Crippen LogP contribution in [-0.2, 0) is 4.74 Å². The second-order valence-electron chi connectivity index (χ2n) is 4.70. The molecule has 1 fully saturated rings. The number of carbonyl (C=O) groups is 1. The maximum Gasteiger partial charge on any atom is 0.340 e. The third-order valence-corrected chi connectivity index (χ3v) is 4.63. The largest absolute Gasteiger partial charge is 0.462 e. The van der Waals surface area contributed by atoms with Crippen LogP contribution in [0.3, 0.4) is 0 Å².